The number of rotatable bonds is 3. The summed E-state index contributed by atoms with van der Waals surface area (Å²) in [5.41, 5.74) is 6.50. The van der Waals surface area contributed by atoms with Gasteiger partial charge < -0.3 is 5.73 Å². The molecule has 2 aliphatic carbocycles. The van der Waals surface area contributed by atoms with Gasteiger partial charge in [0.2, 0.25) is 0 Å². The van der Waals surface area contributed by atoms with Gasteiger partial charge >= 0.3 is 0 Å². The van der Waals surface area contributed by atoms with Crippen LogP contribution in [0.3, 0.4) is 0 Å². The standard InChI is InChI=1S/C14H26N2/c15-11-14(8-4-9-14)16-10-3-7-13(16)12-5-1-2-6-12/h12-13H,1-11,15H2. The molecule has 0 radical (unpaired) electrons. The molecule has 1 heterocycles. The molecule has 3 aliphatic rings. The molecule has 3 rings (SSSR count). The number of likely N-dealkylation sites (tertiary alicyclic amines) is 1. The van der Waals surface area contributed by atoms with Crippen LogP contribution in [0, 0.1) is 5.92 Å². The Kier molecular flexibility index (Phi) is 2.97. The molecular weight excluding hydrogens is 196 g/mol. The number of nitrogens with zero attached hydrogens (tertiary/aromatic N) is 1. The van der Waals surface area contributed by atoms with Crippen LogP contribution in [0.25, 0.3) is 0 Å². The van der Waals surface area contributed by atoms with E-state index in [0.29, 0.717) is 5.54 Å². The minimum Gasteiger partial charge on any atom is -0.329 e. The maximum Gasteiger partial charge on any atom is 0.0334 e. The van der Waals surface area contributed by atoms with Gasteiger partial charge in [0.05, 0.1) is 0 Å². The molecule has 16 heavy (non-hydrogen) atoms. The third-order valence-corrected chi connectivity index (χ3v) is 5.52. The highest BCUT2D eigenvalue weighted by Gasteiger charge is 2.47. The van der Waals surface area contributed by atoms with Crippen molar-refractivity contribution in [3.8, 4) is 0 Å². The molecule has 2 nitrogen and oxygen atoms in total. The summed E-state index contributed by atoms with van der Waals surface area (Å²) in [4.78, 5) is 2.84. The van der Waals surface area contributed by atoms with E-state index in [1.54, 1.807) is 0 Å². The van der Waals surface area contributed by atoms with Crippen LogP contribution in [0.2, 0.25) is 0 Å². The fourth-order valence-electron chi connectivity index (χ4n) is 4.41. The van der Waals surface area contributed by atoms with Crippen molar-refractivity contribution in [2.45, 2.75) is 69.4 Å². The van der Waals surface area contributed by atoms with Gasteiger partial charge in [-0.15, -0.1) is 0 Å². The number of hydrogen-bond donors (Lipinski definition) is 1. The smallest absolute Gasteiger partial charge is 0.0334 e. The summed E-state index contributed by atoms with van der Waals surface area (Å²) in [6.07, 6.45) is 12.9. The summed E-state index contributed by atoms with van der Waals surface area (Å²) < 4.78 is 0. The zero-order valence-electron chi connectivity index (χ0n) is 10.5. The second-order valence-electron chi connectivity index (χ2n) is 6.23. The third-order valence-electron chi connectivity index (χ3n) is 5.52. The lowest BCUT2D eigenvalue weighted by atomic mass is 9.74. The Morgan fingerprint density at radius 3 is 2.31 bits per heavy atom. The minimum absolute atomic E-state index is 0.434. The van der Waals surface area contributed by atoms with Crippen LogP contribution < -0.4 is 5.73 Å². The fraction of sp³-hybridized carbons (Fsp3) is 1.00. The first-order chi connectivity index (χ1) is 7.86. The van der Waals surface area contributed by atoms with Crippen LogP contribution in [0.4, 0.5) is 0 Å². The van der Waals surface area contributed by atoms with Crippen LogP contribution in [0.15, 0.2) is 0 Å². The molecule has 0 spiro atoms. The molecule has 0 aromatic heterocycles. The molecule has 0 amide bonds. The zero-order chi connectivity index (χ0) is 11.0. The molecule has 0 aromatic rings. The first kappa shape index (κ1) is 11.0. The Hall–Kier alpha value is -0.0800. The summed E-state index contributed by atoms with van der Waals surface area (Å²) >= 11 is 0. The quantitative estimate of drug-likeness (QED) is 0.795. The Labute approximate surface area is 99.6 Å². The van der Waals surface area contributed by atoms with Gasteiger partial charge in [-0.1, -0.05) is 12.8 Å². The van der Waals surface area contributed by atoms with Crippen LogP contribution in [-0.2, 0) is 0 Å². The summed E-state index contributed by atoms with van der Waals surface area (Å²) in [5, 5.41) is 0. The number of hydrogen-bond acceptors (Lipinski definition) is 2. The Bertz CT molecular complexity index is 236. The van der Waals surface area contributed by atoms with Crippen molar-refractivity contribution in [1.82, 2.24) is 4.90 Å². The largest absolute Gasteiger partial charge is 0.329 e. The maximum atomic E-state index is 6.07. The second kappa shape index (κ2) is 4.30. The molecule has 3 fully saturated rings. The normalized spacial score (nSPS) is 35.4. The highest BCUT2D eigenvalue weighted by molar-refractivity contribution is 5.04. The molecule has 2 N–H and O–H groups in total. The van der Waals surface area contributed by atoms with Gasteiger partial charge in [-0.25, -0.2) is 0 Å². The van der Waals surface area contributed by atoms with E-state index in [9.17, 15) is 0 Å². The van der Waals surface area contributed by atoms with E-state index in [4.69, 9.17) is 5.73 Å². The summed E-state index contributed by atoms with van der Waals surface area (Å²) in [7, 11) is 0. The minimum atomic E-state index is 0.434. The molecule has 1 aliphatic heterocycles. The number of nitrogens with two attached hydrogens (primary N) is 1. The molecule has 2 saturated carbocycles. The average molecular weight is 222 g/mol. The highest BCUT2D eigenvalue weighted by Crippen LogP contribution is 2.45. The predicted octanol–water partition coefficient (Wildman–Crippen LogP) is 2.52. The molecular formula is C14H26N2. The van der Waals surface area contributed by atoms with Gasteiger partial charge in [-0.3, -0.25) is 4.90 Å². The van der Waals surface area contributed by atoms with Crippen molar-refractivity contribution in [2.75, 3.05) is 13.1 Å². The van der Waals surface area contributed by atoms with Crippen LogP contribution in [0.5, 0.6) is 0 Å². The van der Waals surface area contributed by atoms with Crippen molar-refractivity contribution < 1.29 is 0 Å². The van der Waals surface area contributed by atoms with E-state index in [1.807, 2.05) is 0 Å². The van der Waals surface area contributed by atoms with E-state index in [-0.39, 0.29) is 0 Å². The average Bonchev–Trinajstić information content (AvgIpc) is 2.85. The van der Waals surface area contributed by atoms with E-state index in [2.05, 4.69) is 4.90 Å². The molecule has 1 saturated heterocycles. The summed E-state index contributed by atoms with van der Waals surface area (Å²) in [5.74, 6) is 1.01. The van der Waals surface area contributed by atoms with Crippen molar-refractivity contribution in [2.24, 2.45) is 11.7 Å². The molecule has 0 aromatic carbocycles. The van der Waals surface area contributed by atoms with Crippen molar-refractivity contribution >= 4 is 0 Å². The van der Waals surface area contributed by atoms with Gasteiger partial charge in [0.25, 0.3) is 0 Å². The van der Waals surface area contributed by atoms with E-state index in [0.717, 1.165) is 18.5 Å². The fourth-order valence-corrected chi connectivity index (χ4v) is 4.41. The summed E-state index contributed by atoms with van der Waals surface area (Å²) in [6.45, 7) is 2.23. The second-order valence-corrected chi connectivity index (χ2v) is 6.23. The van der Waals surface area contributed by atoms with E-state index in [1.165, 1.54) is 64.3 Å². The van der Waals surface area contributed by atoms with E-state index < -0.39 is 0 Å². The third kappa shape index (κ3) is 1.62. The topological polar surface area (TPSA) is 29.3 Å². The Balaban J connectivity index is 1.72. The lowest BCUT2D eigenvalue weighted by Gasteiger charge is -2.52. The first-order valence-corrected chi connectivity index (χ1v) is 7.33. The molecule has 0 bridgehead atoms. The lowest BCUT2D eigenvalue weighted by Crippen LogP contribution is -2.60. The Morgan fingerprint density at radius 1 is 1.00 bits per heavy atom. The monoisotopic (exact) mass is 222 g/mol. The van der Waals surface area contributed by atoms with Gasteiger partial charge in [-0.2, -0.15) is 0 Å². The Morgan fingerprint density at radius 2 is 1.75 bits per heavy atom. The van der Waals surface area contributed by atoms with Gasteiger partial charge in [0.15, 0.2) is 0 Å². The lowest BCUT2D eigenvalue weighted by molar-refractivity contribution is -0.00410. The molecule has 2 heteroatoms. The molecule has 92 valence electrons. The predicted molar refractivity (Wildman–Crippen MR) is 67.3 cm³/mol. The highest BCUT2D eigenvalue weighted by atomic mass is 15.3. The first-order valence-electron chi connectivity index (χ1n) is 7.33. The maximum absolute atomic E-state index is 6.07. The zero-order valence-corrected chi connectivity index (χ0v) is 10.5. The van der Waals surface area contributed by atoms with Crippen LogP contribution in [-0.4, -0.2) is 29.6 Å². The van der Waals surface area contributed by atoms with E-state index >= 15 is 0 Å². The molecule has 1 atom stereocenters. The molecule has 1 unspecified atom stereocenters. The van der Waals surface area contributed by atoms with Crippen molar-refractivity contribution in [1.29, 1.82) is 0 Å². The van der Waals surface area contributed by atoms with Gasteiger partial charge in [0, 0.05) is 18.1 Å². The van der Waals surface area contributed by atoms with Crippen molar-refractivity contribution in [3.63, 3.8) is 0 Å². The van der Waals surface area contributed by atoms with Crippen molar-refractivity contribution in [3.05, 3.63) is 0 Å². The van der Waals surface area contributed by atoms with Gasteiger partial charge in [0.1, 0.15) is 0 Å². The van der Waals surface area contributed by atoms with Gasteiger partial charge in [-0.05, 0) is 57.4 Å². The summed E-state index contributed by atoms with van der Waals surface area (Å²) in [6, 6.07) is 0.895. The SMILES string of the molecule is NCC1(N2CCCC2C2CCCC2)CCC1. The van der Waals surface area contributed by atoms with Crippen LogP contribution >= 0.6 is 0 Å². The van der Waals surface area contributed by atoms with Crippen LogP contribution in [0.1, 0.15) is 57.8 Å².